The van der Waals surface area contributed by atoms with E-state index in [1.807, 2.05) is 33.8 Å². The molecule has 2 aromatic rings. The van der Waals surface area contributed by atoms with Crippen LogP contribution in [0.3, 0.4) is 0 Å². The van der Waals surface area contributed by atoms with Crippen molar-refractivity contribution in [2.45, 2.75) is 39.8 Å². The molecule has 0 fully saturated rings. The van der Waals surface area contributed by atoms with Gasteiger partial charge in [-0.15, -0.1) is 0 Å². The van der Waals surface area contributed by atoms with Gasteiger partial charge in [-0.1, -0.05) is 6.07 Å². The zero-order valence-electron chi connectivity index (χ0n) is 13.5. The molecular formula is C17H22N2O3. The summed E-state index contributed by atoms with van der Waals surface area (Å²) in [6.45, 7) is 8.20. The molecule has 0 aliphatic heterocycles. The molecule has 1 aromatic carbocycles. The van der Waals surface area contributed by atoms with Gasteiger partial charge in [0, 0.05) is 23.7 Å². The molecule has 0 aliphatic rings. The molecule has 0 saturated carbocycles. The summed E-state index contributed by atoms with van der Waals surface area (Å²) in [6, 6.07) is 7.15. The lowest BCUT2D eigenvalue weighted by Gasteiger charge is -2.20. The van der Waals surface area contributed by atoms with E-state index in [0.29, 0.717) is 17.7 Å². The summed E-state index contributed by atoms with van der Waals surface area (Å²) in [5.41, 5.74) is -0.349. The maximum atomic E-state index is 12.3. The predicted octanol–water partition coefficient (Wildman–Crippen LogP) is 2.31. The Morgan fingerprint density at radius 3 is 2.59 bits per heavy atom. The second-order valence-electron chi connectivity index (χ2n) is 6.21. The Kier molecular flexibility index (Phi) is 4.54. The monoisotopic (exact) mass is 302 g/mol. The first-order valence-corrected chi connectivity index (χ1v) is 7.38. The van der Waals surface area contributed by atoms with Crippen LogP contribution in [0.2, 0.25) is 0 Å². The molecular weight excluding hydrogens is 280 g/mol. The third kappa shape index (κ3) is 3.67. The fourth-order valence-electron chi connectivity index (χ4n) is 2.26. The third-order valence-electron chi connectivity index (χ3n) is 3.19. The van der Waals surface area contributed by atoms with Crippen LogP contribution in [0.25, 0.3) is 10.8 Å². The van der Waals surface area contributed by atoms with Gasteiger partial charge in [-0.3, -0.25) is 9.59 Å². The number of hydrogen-bond acceptors (Lipinski definition) is 3. The van der Waals surface area contributed by atoms with E-state index >= 15 is 0 Å². The van der Waals surface area contributed by atoms with Crippen LogP contribution in [0.4, 0.5) is 0 Å². The molecule has 1 N–H and O–H groups in total. The summed E-state index contributed by atoms with van der Waals surface area (Å²) >= 11 is 0. The molecule has 5 heteroatoms. The molecule has 1 heterocycles. The first-order chi connectivity index (χ1) is 10.3. The van der Waals surface area contributed by atoms with Gasteiger partial charge in [0.15, 0.2) is 6.61 Å². The highest BCUT2D eigenvalue weighted by Crippen LogP contribution is 2.23. The Labute approximate surface area is 129 Å². The smallest absolute Gasteiger partial charge is 0.258 e. The number of hydrogen-bond donors (Lipinski definition) is 1. The van der Waals surface area contributed by atoms with E-state index in [1.54, 1.807) is 29.0 Å². The van der Waals surface area contributed by atoms with E-state index in [9.17, 15) is 9.59 Å². The van der Waals surface area contributed by atoms with Crippen molar-refractivity contribution < 1.29 is 9.53 Å². The molecule has 5 nitrogen and oxygen atoms in total. The normalized spacial score (nSPS) is 11.5. The van der Waals surface area contributed by atoms with E-state index in [1.165, 1.54) is 0 Å². The quantitative estimate of drug-likeness (QED) is 0.943. The number of pyridine rings is 1. The number of ether oxygens (including phenoxy) is 1. The molecule has 0 atom stereocenters. The first-order valence-electron chi connectivity index (χ1n) is 7.38. The fourth-order valence-corrected chi connectivity index (χ4v) is 2.26. The minimum atomic E-state index is -0.298. The molecule has 1 amide bonds. The Balaban J connectivity index is 2.24. The lowest BCUT2D eigenvalue weighted by atomic mass is 10.1. The van der Waals surface area contributed by atoms with E-state index < -0.39 is 0 Å². The molecule has 118 valence electrons. The van der Waals surface area contributed by atoms with Gasteiger partial charge in [0.25, 0.3) is 11.5 Å². The Hall–Kier alpha value is -2.30. The van der Waals surface area contributed by atoms with Gasteiger partial charge in [-0.05, 0) is 45.9 Å². The number of carbonyl (C=O) groups excluding carboxylic acids is 1. The highest BCUT2D eigenvalue weighted by Gasteiger charge is 2.14. The van der Waals surface area contributed by atoms with Crippen LogP contribution >= 0.6 is 0 Å². The van der Waals surface area contributed by atoms with Gasteiger partial charge in [0.1, 0.15) is 5.75 Å². The summed E-state index contributed by atoms with van der Waals surface area (Å²) in [6.07, 6.45) is 1.74. The van der Waals surface area contributed by atoms with Gasteiger partial charge in [0.2, 0.25) is 0 Å². The lowest BCUT2D eigenvalue weighted by Crippen LogP contribution is -2.43. The number of nitrogens with zero attached hydrogens (tertiary/aromatic N) is 1. The molecule has 2 rings (SSSR count). The number of benzene rings is 1. The van der Waals surface area contributed by atoms with Crippen molar-refractivity contribution in [1.29, 1.82) is 0 Å². The average molecular weight is 302 g/mol. The van der Waals surface area contributed by atoms with E-state index in [0.717, 1.165) is 5.39 Å². The average Bonchev–Trinajstić information content (AvgIpc) is 2.44. The fraction of sp³-hybridized carbons (Fsp3) is 0.412. The van der Waals surface area contributed by atoms with Gasteiger partial charge >= 0.3 is 0 Å². The van der Waals surface area contributed by atoms with E-state index in [4.69, 9.17) is 4.74 Å². The number of amides is 1. The van der Waals surface area contributed by atoms with Crippen LogP contribution < -0.4 is 15.6 Å². The largest absolute Gasteiger partial charge is 0.483 e. The van der Waals surface area contributed by atoms with Crippen LogP contribution in [0.15, 0.2) is 35.3 Å². The van der Waals surface area contributed by atoms with Crippen molar-refractivity contribution in [3.63, 3.8) is 0 Å². The zero-order valence-corrected chi connectivity index (χ0v) is 13.5. The Bertz CT molecular complexity index is 742. The second kappa shape index (κ2) is 6.22. The van der Waals surface area contributed by atoms with Gasteiger partial charge < -0.3 is 14.6 Å². The lowest BCUT2D eigenvalue weighted by molar-refractivity contribution is -0.124. The predicted molar refractivity (Wildman–Crippen MR) is 87.3 cm³/mol. The van der Waals surface area contributed by atoms with Crippen molar-refractivity contribution in [3.05, 3.63) is 40.8 Å². The van der Waals surface area contributed by atoms with Crippen molar-refractivity contribution >= 4 is 16.7 Å². The minimum Gasteiger partial charge on any atom is -0.483 e. The standard InChI is InChI=1S/C17H22N2O3/c1-5-19-10-9-12-13(16(19)21)7-6-8-14(12)22-11-15(20)18-17(2,3)4/h6-10H,5,11H2,1-4H3,(H,18,20). The molecule has 1 aromatic heterocycles. The Morgan fingerprint density at radius 2 is 1.95 bits per heavy atom. The number of aryl methyl sites for hydroxylation is 1. The van der Waals surface area contributed by atoms with Crippen molar-refractivity contribution in [2.75, 3.05) is 6.61 Å². The highest BCUT2D eigenvalue weighted by molar-refractivity contribution is 5.88. The summed E-state index contributed by atoms with van der Waals surface area (Å²) in [4.78, 5) is 24.1. The van der Waals surface area contributed by atoms with Crippen LogP contribution in [0.5, 0.6) is 5.75 Å². The molecule has 0 unspecified atom stereocenters. The maximum absolute atomic E-state index is 12.3. The first kappa shape index (κ1) is 16.1. The van der Waals surface area contributed by atoms with Crippen LogP contribution in [0.1, 0.15) is 27.7 Å². The third-order valence-corrected chi connectivity index (χ3v) is 3.19. The van der Waals surface area contributed by atoms with Gasteiger partial charge in [0.05, 0.1) is 5.39 Å². The summed E-state index contributed by atoms with van der Waals surface area (Å²) in [7, 11) is 0. The SMILES string of the molecule is CCn1ccc2c(OCC(=O)NC(C)(C)C)cccc2c1=O. The minimum absolute atomic E-state index is 0.0513. The van der Waals surface area contributed by atoms with Gasteiger partial charge in [-0.25, -0.2) is 0 Å². The molecule has 0 aliphatic carbocycles. The number of aromatic nitrogens is 1. The van der Waals surface area contributed by atoms with Crippen LogP contribution in [0, 0.1) is 0 Å². The maximum Gasteiger partial charge on any atom is 0.258 e. The topological polar surface area (TPSA) is 60.3 Å². The molecule has 0 bridgehead atoms. The molecule has 0 radical (unpaired) electrons. The highest BCUT2D eigenvalue weighted by atomic mass is 16.5. The summed E-state index contributed by atoms with van der Waals surface area (Å²) < 4.78 is 7.23. The number of carbonyl (C=O) groups is 1. The number of nitrogens with one attached hydrogen (secondary N) is 1. The van der Waals surface area contributed by atoms with E-state index in [-0.39, 0.29) is 23.6 Å². The van der Waals surface area contributed by atoms with Crippen molar-refractivity contribution in [3.8, 4) is 5.75 Å². The van der Waals surface area contributed by atoms with Crippen molar-refractivity contribution in [1.82, 2.24) is 9.88 Å². The van der Waals surface area contributed by atoms with Crippen LogP contribution in [-0.2, 0) is 11.3 Å². The zero-order chi connectivity index (χ0) is 16.3. The Morgan fingerprint density at radius 1 is 1.23 bits per heavy atom. The number of fused-ring (bicyclic) bond motifs is 1. The molecule has 0 saturated heterocycles. The molecule has 22 heavy (non-hydrogen) atoms. The second-order valence-corrected chi connectivity index (χ2v) is 6.21. The van der Waals surface area contributed by atoms with Crippen molar-refractivity contribution in [2.24, 2.45) is 0 Å². The van der Waals surface area contributed by atoms with Gasteiger partial charge in [-0.2, -0.15) is 0 Å². The van der Waals surface area contributed by atoms with Crippen LogP contribution in [-0.4, -0.2) is 22.6 Å². The summed E-state index contributed by atoms with van der Waals surface area (Å²) in [5.74, 6) is 0.355. The van der Waals surface area contributed by atoms with E-state index in [2.05, 4.69) is 5.32 Å². The summed E-state index contributed by atoms with van der Waals surface area (Å²) in [5, 5.41) is 4.16. The number of rotatable bonds is 4. The molecule has 0 spiro atoms.